The van der Waals surface area contributed by atoms with Crippen molar-refractivity contribution in [1.29, 1.82) is 0 Å². The number of hydrogen-bond acceptors (Lipinski definition) is 4. The summed E-state index contributed by atoms with van der Waals surface area (Å²) in [5.74, 6) is 0.437. The molecule has 116 valence electrons. The van der Waals surface area contributed by atoms with E-state index in [-0.39, 0.29) is 0 Å². The van der Waals surface area contributed by atoms with Gasteiger partial charge in [0.25, 0.3) is 5.91 Å². The van der Waals surface area contributed by atoms with Crippen molar-refractivity contribution in [3.8, 4) is 5.75 Å². The first-order valence-electron chi connectivity index (χ1n) is 7.62. The molecule has 1 aliphatic rings. The second kappa shape index (κ2) is 8.00. The van der Waals surface area contributed by atoms with Crippen molar-refractivity contribution in [2.45, 2.75) is 50.7 Å². The van der Waals surface area contributed by atoms with Crippen LogP contribution in [0.25, 0.3) is 0 Å². The summed E-state index contributed by atoms with van der Waals surface area (Å²) in [5.41, 5.74) is 8.20. The van der Waals surface area contributed by atoms with Crippen LogP contribution in [-0.2, 0) is 4.79 Å². The van der Waals surface area contributed by atoms with Gasteiger partial charge >= 0.3 is 0 Å². The van der Waals surface area contributed by atoms with Crippen molar-refractivity contribution in [1.82, 2.24) is 5.48 Å². The van der Waals surface area contributed by atoms with E-state index >= 15 is 0 Å². The molecule has 1 fully saturated rings. The molecular weight excluding hydrogens is 268 g/mol. The Morgan fingerprint density at radius 2 is 1.95 bits per heavy atom. The number of carbonyl (C=O) groups is 1. The van der Waals surface area contributed by atoms with Gasteiger partial charge < -0.3 is 15.7 Å². The van der Waals surface area contributed by atoms with Crippen molar-refractivity contribution in [3.63, 3.8) is 0 Å². The molecular formula is C16H24N2O3. The van der Waals surface area contributed by atoms with Gasteiger partial charge in [0.1, 0.15) is 0 Å². The molecule has 0 heterocycles. The van der Waals surface area contributed by atoms with Crippen LogP contribution in [0.1, 0.15) is 38.5 Å². The predicted octanol–water partition coefficient (Wildman–Crippen LogP) is 1.76. The van der Waals surface area contributed by atoms with Crippen molar-refractivity contribution >= 4 is 5.91 Å². The minimum Gasteiger partial charge on any atom is -0.381 e. The summed E-state index contributed by atoms with van der Waals surface area (Å²) in [5, 5.41) is 9.98. The molecule has 4 N–H and O–H groups in total. The number of nitrogens with one attached hydrogen (secondary N) is 1. The second-order valence-corrected chi connectivity index (χ2v) is 5.73. The Kier molecular flexibility index (Phi) is 6.02. The predicted molar refractivity (Wildman–Crippen MR) is 80.4 cm³/mol. The summed E-state index contributed by atoms with van der Waals surface area (Å²) in [4.78, 5) is 16.9. The molecule has 1 aliphatic carbocycles. The molecule has 2 atom stereocenters. The second-order valence-electron chi connectivity index (χ2n) is 5.73. The van der Waals surface area contributed by atoms with Crippen LogP contribution in [0, 0.1) is 5.92 Å². The van der Waals surface area contributed by atoms with E-state index in [2.05, 4.69) is 5.48 Å². The summed E-state index contributed by atoms with van der Waals surface area (Å²) in [6.45, 7) is 0. The van der Waals surface area contributed by atoms with E-state index in [9.17, 15) is 9.90 Å². The fourth-order valence-corrected chi connectivity index (χ4v) is 2.79. The number of para-hydroxylation sites is 1. The number of amides is 1. The highest BCUT2D eigenvalue weighted by molar-refractivity contribution is 5.80. The minimum atomic E-state index is -1.24. The molecule has 5 heteroatoms. The molecule has 5 nitrogen and oxygen atoms in total. The van der Waals surface area contributed by atoms with E-state index in [1.165, 1.54) is 19.3 Å². The summed E-state index contributed by atoms with van der Waals surface area (Å²) < 4.78 is 0. The van der Waals surface area contributed by atoms with Crippen LogP contribution in [0.3, 0.4) is 0 Å². The highest BCUT2D eigenvalue weighted by atomic mass is 16.7. The van der Waals surface area contributed by atoms with Gasteiger partial charge in [0.05, 0.1) is 0 Å². The first kappa shape index (κ1) is 15.8. The normalized spacial score (nSPS) is 18.8. The molecule has 1 aromatic rings. The average molecular weight is 292 g/mol. The lowest BCUT2D eigenvalue weighted by Gasteiger charge is -2.26. The fourth-order valence-electron chi connectivity index (χ4n) is 2.79. The summed E-state index contributed by atoms with van der Waals surface area (Å²) in [7, 11) is 0. The van der Waals surface area contributed by atoms with Crippen LogP contribution in [0.15, 0.2) is 30.3 Å². The zero-order valence-corrected chi connectivity index (χ0v) is 12.2. The van der Waals surface area contributed by atoms with E-state index in [0.29, 0.717) is 18.1 Å². The third-order valence-corrected chi connectivity index (χ3v) is 4.02. The van der Waals surface area contributed by atoms with E-state index in [4.69, 9.17) is 10.6 Å². The highest BCUT2D eigenvalue weighted by Gasteiger charge is 2.26. The molecule has 0 bridgehead atoms. The number of hydrogen-bond donors (Lipinski definition) is 3. The van der Waals surface area contributed by atoms with Crippen LogP contribution >= 0.6 is 0 Å². The SMILES string of the molecule is N[C@H](CC1CCCCC1)C(O)C(=O)NOc1ccccc1. The lowest BCUT2D eigenvalue weighted by molar-refractivity contribution is -0.137. The maximum atomic E-state index is 11.8. The van der Waals surface area contributed by atoms with Crippen LogP contribution in [0.4, 0.5) is 0 Å². The summed E-state index contributed by atoms with van der Waals surface area (Å²) in [6.07, 6.45) is 5.44. The number of aliphatic hydroxyl groups is 1. The first-order chi connectivity index (χ1) is 10.2. The Balaban J connectivity index is 1.75. The lowest BCUT2D eigenvalue weighted by Crippen LogP contribution is -2.48. The van der Waals surface area contributed by atoms with Gasteiger partial charge in [0.15, 0.2) is 11.9 Å². The quantitative estimate of drug-likeness (QED) is 0.697. The fraction of sp³-hybridized carbons (Fsp3) is 0.562. The van der Waals surface area contributed by atoms with Gasteiger partial charge in [-0.05, 0) is 24.5 Å². The Bertz CT molecular complexity index is 432. The topological polar surface area (TPSA) is 84.6 Å². The molecule has 1 saturated carbocycles. The lowest BCUT2D eigenvalue weighted by atomic mass is 9.84. The van der Waals surface area contributed by atoms with Crippen LogP contribution in [0.5, 0.6) is 5.75 Å². The molecule has 1 unspecified atom stereocenters. The number of aliphatic hydroxyl groups excluding tert-OH is 1. The zero-order chi connectivity index (χ0) is 15.1. The van der Waals surface area contributed by atoms with Gasteiger partial charge in [-0.25, -0.2) is 0 Å². The van der Waals surface area contributed by atoms with Gasteiger partial charge in [-0.2, -0.15) is 5.48 Å². The van der Waals surface area contributed by atoms with Crippen LogP contribution < -0.4 is 16.1 Å². The average Bonchev–Trinajstić information content (AvgIpc) is 2.53. The monoisotopic (exact) mass is 292 g/mol. The summed E-state index contributed by atoms with van der Waals surface area (Å²) >= 11 is 0. The smallest absolute Gasteiger partial charge is 0.282 e. The number of rotatable bonds is 6. The third-order valence-electron chi connectivity index (χ3n) is 4.02. The molecule has 1 aromatic carbocycles. The minimum absolute atomic E-state index is 0.513. The Labute approximate surface area is 125 Å². The van der Waals surface area contributed by atoms with Crippen molar-refractivity contribution < 1.29 is 14.7 Å². The van der Waals surface area contributed by atoms with E-state index < -0.39 is 18.1 Å². The van der Waals surface area contributed by atoms with Crippen LogP contribution in [0.2, 0.25) is 0 Å². The largest absolute Gasteiger partial charge is 0.381 e. The van der Waals surface area contributed by atoms with Gasteiger partial charge in [0.2, 0.25) is 0 Å². The maximum Gasteiger partial charge on any atom is 0.282 e. The Morgan fingerprint density at radius 3 is 2.62 bits per heavy atom. The molecule has 0 aliphatic heterocycles. The highest BCUT2D eigenvalue weighted by Crippen LogP contribution is 2.27. The molecule has 0 radical (unpaired) electrons. The van der Waals surface area contributed by atoms with Gasteiger partial charge in [0, 0.05) is 6.04 Å². The number of benzene rings is 1. The van der Waals surface area contributed by atoms with Crippen molar-refractivity contribution in [3.05, 3.63) is 30.3 Å². The number of nitrogens with two attached hydrogens (primary N) is 1. The van der Waals surface area contributed by atoms with Crippen molar-refractivity contribution in [2.24, 2.45) is 11.7 Å². The molecule has 0 aromatic heterocycles. The van der Waals surface area contributed by atoms with Crippen LogP contribution in [-0.4, -0.2) is 23.2 Å². The molecule has 0 spiro atoms. The summed E-state index contributed by atoms with van der Waals surface area (Å²) in [6, 6.07) is 8.33. The van der Waals surface area contributed by atoms with Gasteiger partial charge in [-0.3, -0.25) is 4.79 Å². The van der Waals surface area contributed by atoms with Crippen molar-refractivity contribution in [2.75, 3.05) is 0 Å². The Hall–Kier alpha value is -1.59. The first-order valence-corrected chi connectivity index (χ1v) is 7.62. The van der Waals surface area contributed by atoms with Gasteiger partial charge in [-0.15, -0.1) is 0 Å². The number of hydroxylamine groups is 1. The molecule has 21 heavy (non-hydrogen) atoms. The standard InChI is InChI=1S/C16H24N2O3/c17-14(11-12-7-3-1-4-8-12)15(19)16(20)18-21-13-9-5-2-6-10-13/h2,5-6,9-10,12,14-15,19H,1,3-4,7-8,11,17H2,(H,18,20)/t14-,15?/m1/s1. The third kappa shape index (κ3) is 5.02. The van der Waals surface area contributed by atoms with Gasteiger partial charge in [-0.1, -0.05) is 50.3 Å². The molecule has 2 rings (SSSR count). The number of carbonyl (C=O) groups excluding carboxylic acids is 1. The van der Waals surface area contributed by atoms with E-state index in [1.54, 1.807) is 24.3 Å². The Morgan fingerprint density at radius 1 is 1.29 bits per heavy atom. The van der Waals surface area contributed by atoms with E-state index in [1.807, 2.05) is 6.07 Å². The maximum absolute atomic E-state index is 11.8. The van der Waals surface area contributed by atoms with E-state index in [0.717, 1.165) is 12.8 Å². The molecule has 1 amide bonds. The molecule has 0 saturated heterocycles. The zero-order valence-electron chi connectivity index (χ0n) is 12.2.